The molecule has 0 radical (unpaired) electrons. The monoisotopic (exact) mass is 269 g/mol. The maximum atomic E-state index is 6.56. The van der Waals surface area contributed by atoms with Crippen molar-refractivity contribution in [3.63, 3.8) is 0 Å². The van der Waals surface area contributed by atoms with Crippen molar-refractivity contribution in [2.75, 3.05) is 6.61 Å². The van der Waals surface area contributed by atoms with Crippen molar-refractivity contribution in [2.24, 2.45) is 4.99 Å². The Hall–Kier alpha value is -0.353. The van der Waals surface area contributed by atoms with Crippen LogP contribution in [0.25, 0.3) is 0 Å². The first-order valence-corrected chi connectivity index (χ1v) is 9.82. The molecule has 0 amide bonds. The first kappa shape index (κ1) is 14.1. The Labute approximate surface area is 112 Å². The van der Waals surface area contributed by atoms with Crippen LogP contribution >= 0.6 is 0 Å². The lowest BCUT2D eigenvalue weighted by molar-refractivity contribution is 0.178. The summed E-state index contributed by atoms with van der Waals surface area (Å²) < 4.78 is 12.4. The van der Waals surface area contributed by atoms with Gasteiger partial charge >= 0.3 is 0 Å². The molecule has 0 aromatic carbocycles. The third-order valence-electron chi connectivity index (χ3n) is 4.32. The van der Waals surface area contributed by atoms with Gasteiger partial charge in [-0.15, -0.1) is 0 Å². The fourth-order valence-corrected chi connectivity index (χ4v) is 3.51. The van der Waals surface area contributed by atoms with Crippen molar-refractivity contribution in [2.45, 2.75) is 76.7 Å². The fraction of sp³-hybridized carbons (Fsp3) is 0.929. The van der Waals surface area contributed by atoms with E-state index in [4.69, 9.17) is 14.2 Å². The SMILES string of the molecule is CC1(C)COC(C2(O[Si](C)(C)C(C)(C)C)CC2)=N1. The molecule has 0 aromatic heterocycles. The second-order valence-corrected chi connectivity index (χ2v) is 12.6. The van der Waals surface area contributed by atoms with Crippen LogP contribution in [-0.2, 0) is 9.16 Å². The van der Waals surface area contributed by atoms with Crippen LogP contribution in [-0.4, -0.2) is 32.0 Å². The molecule has 18 heavy (non-hydrogen) atoms. The van der Waals surface area contributed by atoms with E-state index in [2.05, 4.69) is 47.7 Å². The van der Waals surface area contributed by atoms with Gasteiger partial charge in [0.2, 0.25) is 5.90 Å². The van der Waals surface area contributed by atoms with Crippen molar-refractivity contribution >= 4 is 14.2 Å². The molecule has 0 spiro atoms. The lowest BCUT2D eigenvalue weighted by Gasteiger charge is -2.39. The quantitative estimate of drug-likeness (QED) is 0.731. The van der Waals surface area contributed by atoms with Gasteiger partial charge in [-0.1, -0.05) is 20.8 Å². The number of hydrogen-bond donors (Lipinski definition) is 0. The van der Waals surface area contributed by atoms with Gasteiger partial charge in [0.1, 0.15) is 12.2 Å². The third kappa shape index (κ3) is 2.50. The first-order chi connectivity index (χ1) is 7.98. The van der Waals surface area contributed by atoms with E-state index in [9.17, 15) is 0 Å². The molecule has 0 N–H and O–H groups in total. The molecular formula is C14H27NO2Si. The standard InChI is InChI=1S/C14H27NO2Si/c1-12(2,3)18(6,7)17-14(8-9-14)11-15-13(4,5)10-16-11/h8-10H2,1-7H3. The molecule has 2 rings (SSSR count). The highest BCUT2D eigenvalue weighted by Crippen LogP contribution is 2.49. The Kier molecular flexibility index (Phi) is 2.99. The molecule has 0 aromatic rings. The lowest BCUT2D eigenvalue weighted by Crippen LogP contribution is -2.47. The number of ether oxygens (including phenoxy) is 1. The zero-order chi connectivity index (χ0) is 13.8. The molecule has 4 heteroatoms. The second-order valence-electron chi connectivity index (χ2n) is 7.87. The summed E-state index contributed by atoms with van der Waals surface area (Å²) in [6.45, 7) is 16.3. The topological polar surface area (TPSA) is 30.8 Å². The maximum Gasteiger partial charge on any atom is 0.216 e. The minimum Gasteiger partial charge on any atom is -0.476 e. The summed E-state index contributed by atoms with van der Waals surface area (Å²) >= 11 is 0. The van der Waals surface area contributed by atoms with Gasteiger partial charge in [-0.3, -0.25) is 0 Å². The minimum absolute atomic E-state index is 0.0816. The van der Waals surface area contributed by atoms with Crippen LogP contribution in [0.1, 0.15) is 47.5 Å². The summed E-state index contributed by atoms with van der Waals surface area (Å²) in [5.41, 5.74) is -0.265. The molecule has 1 saturated carbocycles. The average Bonchev–Trinajstić information content (AvgIpc) is 2.81. The Balaban J connectivity index is 2.15. The second kappa shape index (κ2) is 3.82. The Morgan fingerprint density at radius 2 is 1.78 bits per heavy atom. The Morgan fingerprint density at radius 3 is 2.11 bits per heavy atom. The van der Waals surface area contributed by atoms with E-state index < -0.39 is 8.32 Å². The van der Waals surface area contributed by atoms with Crippen LogP contribution in [0, 0.1) is 0 Å². The van der Waals surface area contributed by atoms with Gasteiger partial charge in [-0.05, 0) is 44.8 Å². The molecule has 1 aliphatic carbocycles. The number of rotatable bonds is 3. The van der Waals surface area contributed by atoms with Gasteiger partial charge in [0.05, 0.1) is 5.54 Å². The van der Waals surface area contributed by atoms with Crippen LogP contribution in [0.2, 0.25) is 18.1 Å². The van der Waals surface area contributed by atoms with Crippen LogP contribution in [0.3, 0.4) is 0 Å². The Morgan fingerprint density at radius 1 is 1.22 bits per heavy atom. The molecule has 0 unspecified atom stereocenters. The van der Waals surface area contributed by atoms with Crippen LogP contribution in [0.4, 0.5) is 0 Å². The van der Waals surface area contributed by atoms with Crippen LogP contribution in [0.5, 0.6) is 0 Å². The highest BCUT2D eigenvalue weighted by atomic mass is 28.4. The van der Waals surface area contributed by atoms with Crippen molar-refractivity contribution in [1.82, 2.24) is 0 Å². The number of aliphatic imine (C=N–C) groups is 1. The molecule has 1 aliphatic heterocycles. The van der Waals surface area contributed by atoms with E-state index in [1.54, 1.807) is 0 Å². The van der Waals surface area contributed by atoms with E-state index in [1.807, 2.05) is 0 Å². The van der Waals surface area contributed by atoms with Crippen molar-refractivity contribution in [1.29, 1.82) is 0 Å². The van der Waals surface area contributed by atoms with E-state index in [0.29, 0.717) is 6.61 Å². The van der Waals surface area contributed by atoms with Crippen LogP contribution < -0.4 is 0 Å². The van der Waals surface area contributed by atoms with E-state index >= 15 is 0 Å². The van der Waals surface area contributed by atoms with Crippen molar-refractivity contribution in [3.8, 4) is 0 Å². The summed E-state index contributed by atoms with van der Waals surface area (Å²) in [6, 6.07) is 0. The van der Waals surface area contributed by atoms with Gasteiger partial charge in [0.25, 0.3) is 0 Å². The summed E-state index contributed by atoms with van der Waals surface area (Å²) in [6.07, 6.45) is 2.13. The predicted molar refractivity (Wildman–Crippen MR) is 77.7 cm³/mol. The van der Waals surface area contributed by atoms with Crippen LogP contribution in [0.15, 0.2) is 4.99 Å². The first-order valence-electron chi connectivity index (χ1n) is 6.91. The predicted octanol–water partition coefficient (Wildman–Crippen LogP) is 3.75. The minimum atomic E-state index is -1.75. The largest absolute Gasteiger partial charge is 0.476 e. The summed E-state index contributed by atoms with van der Waals surface area (Å²) in [5, 5.41) is 0.233. The van der Waals surface area contributed by atoms with Gasteiger partial charge < -0.3 is 9.16 Å². The number of hydrogen-bond acceptors (Lipinski definition) is 3. The average molecular weight is 269 g/mol. The molecule has 0 atom stereocenters. The molecule has 104 valence electrons. The smallest absolute Gasteiger partial charge is 0.216 e. The van der Waals surface area contributed by atoms with Gasteiger partial charge in [-0.25, -0.2) is 4.99 Å². The fourth-order valence-electron chi connectivity index (χ4n) is 1.93. The van der Waals surface area contributed by atoms with E-state index in [0.717, 1.165) is 18.7 Å². The third-order valence-corrected chi connectivity index (χ3v) is 8.83. The zero-order valence-corrected chi connectivity index (χ0v) is 13.9. The molecule has 3 nitrogen and oxygen atoms in total. The maximum absolute atomic E-state index is 6.56. The number of nitrogens with zero attached hydrogens (tertiary/aromatic N) is 1. The van der Waals surface area contributed by atoms with E-state index in [-0.39, 0.29) is 16.2 Å². The molecule has 1 fully saturated rings. The highest BCUT2D eigenvalue weighted by Gasteiger charge is 2.57. The normalized spacial score (nSPS) is 25.6. The molecular weight excluding hydrogens is 242 g/mol. The molecule has 0 bridgehead atoms. The van der Waals surface area contributed by atoms with Gasteiger partial charge in [-0.2, -0.15) is 0 Å². The molecule has 1 heterocycles. The van der Waals surface area contributed by atoms with Gasteiger partial charge in [0, 0.05) is 0 Å². The zero-order valence-electron chi connectivity index (χ0n) is 12.9. The Bertz CT molecular complexity index is 376. The summed E-state index contributed by atoms with van der Waals surface area (Å²) in [5.74, 6) is 0.859. The molecule has 0 saturated heterocycles. The summed E-state index contributed by atoms with van der Waals surface area (Å²) in [7, 11) is -1.75. The van der Waals surface area contributed by atoms with Gasteiger partial charge in [0.15, 0.2) is 8.32 Å². The van der Waals surface area contributed by atoms with Crippen molar-refractivity contribution in [3.05, 3.63) is 0 Å². The highest BCUT2D eigenvalue weighted by molar-refractivity contribution is 6.74. The van der Waals surface area contributed by atoms with Crippen molar-refractivity contribution < 1.29 is 9.16 Å². The lowest BCUT2D eigenvalue weighted by atomic mass is 10.1. The van der Waals surface area contributed by atoms with E-state index in [1.165, 1.54) is 0 Å². The summed E-state index contributed by atoms with van der Waals surface area (Å²) in [4.78, 5) is 4.71. The molecule has 2 aliphatic rings.